The van der Waals surface area contributed by atoms with Gasteiger partial charge in [0.05, 0.1) is 11.1 Å². The fourth-order valence-electron chi connectivity index (χ4n) is 1.45. The van der Waals surface area contributed by atoms with Crippen LogP contribution in [0, 0.1) is 5.82 Å². The van der Waals surface area contributed by atoms with E-state index in [0.29, 0.717) is 6.42 Å². The van der Waals surface area contributed by atoms with Crippen LogP contribution in [0.2, 0.25) is 5.02 Å². The lowest BCUT2D eigenvalue weighted by atomic mass is 10.2. The van der Waals surface area contributed by atoms with Gasteiger partial charge in [-0.15, -0.1) is 0 Å². The van der Waals surface area contributed by atoms with Crippen LogP contribution in [0.1, 0.15) is 19.8 Å². The van der Waals surface area contributed by atoms with Crippen molar-refractivity contribution in [3.8, 4) is 5.75 Å². The van der Waals surface area contributed by atoms with Crippen molar-refractivity contribution in [2.45, 2.75) is 25.9 Å². The zero-order valence-corrected chi connectivity index (χ0v) is 11.4. The Morgan fingerprint density at radius 2 is 2.32 bits per heavy atom. The Balaban J connectivity index is 2.33. The largest absolute Gasteiger partial charge is 0.482 e. The van der Waals surface area contributed by atoms with Crippen molar-refractivity contribution in [1.29, 1.82) is 0 Å². The van der Waals surface area contributed by atoms with Crippen molar-refractivity contribution in [2.75, 3.05) is 13.2 Å². The molecule has 0 radical (unpaired) electrons. The molecule has 0 aliphatic heterocycles. The summed E-state index contributed by atoms with van der Waals surface area (Å²) in [6, 6.07) is 3.67. The minimum atomic E-state index is -0.552. The van der Waals surface area contributed by atoms with E-state index in [0.717, 1.165) is 12.5 Å². The van der Waals surface area contributed by atoms with E-state index < -0.39 is 11.9 Å². The van der Waals surface area contributed by atoms with Crippen LogP contribution >= 0.6 is 11.6 Å². The lowest BCUT2D eigenvalue weighted by Crippen LogP contribution is -2.35. The summed E-state index contributed by atoms with van der Waals surface area (Å²) < 4.78 is 17.9. The Morgan fingerprint density at radius 1 is 1.58 bits per heavy atom. The molecule has 4 nitrogen and oxygen atoms in total. The van der Waals surface area contributed by atoms with Gasteiger partial charge in [-0.1, -0.05) is 24.9 Å². The van der Waals surface area contributed by atoms with Gasteiger partial charge >= 0.3 is 0 Å². The van der Waals surface area contributed by atoms with Crippen molar-refractivity contribution in [2.24, 2.45) is 0 Å². The van der Waals surface area contributed by atoms with Gasteiger partial charge < -0.3 is 15.2 Å². The van der Waals surface area contributed by atoms with Crippen LogP contribution in [-0.2, 0) is 4.79 Å². The number of aliphatic hydroxyl groups excluding tert-OH is 1. The number of carbonyl (C=O) groups is 1. The summed E-state index contributed by atoms with van der Waals surface area (Å²) in [4.78, 5) is 11.4. The first-order chi connectivity index (χ1) is 9.02. The summed E-state index contributed by atoms with van der Waals surface area (Å²) >= 11 is 5.75. The van der Waals surface area contributed by atoms with Crippen LogP contribution in [0.4, 0.5) is 4.39 Å². The number of amides is 1. The Morgan fingerprint density at radius 3 is 2.95 bits per heavy atom. The summed E-state index contributed by atoms with van der Waals surface area (Å²) in [6.45, 7) is 1.90. The molecule has 0 saturated heterocycles. The maximum absolute atomic E-state index is 12.8. The molecule has 1 unspecified atom stereocenters. The lowest BCUT2D eigenvalue weighted by Gasteiger charge is -2.11. The molecule has 0 heterocycles. The first-order valence-electron chi connectivity index (χ1n) is 6.05. The minimum absolute atomic E-state index is 0.110. The molecule has 0 aromatic heterocycles. The molecular formula is C13H17ClFNO3. The third kappa shape index (κ3) is 5.89. The highest BCUT2D eigenvalue weighted by molar-refractivity contribution is 6.32. The van der Waals surface area contributed by atoms with Gasteiger partial charge in [-0.3, -0.25) is 4.79 Å². The summed E-state index contributed by atoms with van der Waals surface area (Å²) in [5, 5.41) is 12.1. The number of nitrogens with one attached hydrogen (secondary N) is 1. The number of benzene rings is 1. The summed E-state index contributed by atoms with van der Waals surface area (Å²) in [5.74, 6) is -0.590. The number of hydrogen-bond acceptors (Lipinski definition) is 3. The van der Waals surface area contributed by atoms with E-state index in [1.807, 2.05) is 6.92 Å². The molecule has 0 aliphatic carbocycles. The monoisotopic (exact) mass is 289 g/mol. The van der Waals surface area contributed by atoms with Crippen LogP contribution in [0.15, 0.2) is 18.2 Å². The van der Waals surface area contributed by atoms with E-state index >= 15 is 0 Å². The quantitative estimate of drug-likeness (QED) is 0.808. The van der Waals surface area contributed by atoms with Crippen molar-refractivity contribution in [3.05, 3.63) is 29.0 Å². The predicted molar refractivity (Wildman–Crippen MR) is 70.8 cm³/mol. The third-order valence-corrected chi connectivity index (χ3v) is 2.70. The lowest BCUT2D eigenvalue weighted by molar-refractivity contribution is -0.123. The summed E-state index contributed by atoms with van der Waals surface area (Å²) in [7, 11) is 0. The van der Waals surface area contributed by atoms with E-state index in [9.17, 15) is 14.3 Å². The zero-order valence-electron chi connectivity index (χ0n) is 10.7. The van der Waals surface area contributed by atoms with Gasteiger partial charge in [0.25, 0.3) is 5.91 Å². The van der Waals surface area contributed by atoms with Crippen molar-refractivity contribution in [1.82, 2.24) is 5.32 Å². The molecule has 0 spiro atoms. The van der Waals surface area contributed by atoms with Crippen molar-refractivity contribution < 1.29 is 19.0 Å². The standard InChI is InChI=1S/C13H17ClFNO3/c1-2-3-10(17)7-16-13(18)8-19-12-5-4-9(15)6-11(12)14/h4-6,10,17H,2-3,7-8H2,1H3,(H,16,18). The fourth-order valence-corrected chi connectivity index (χ4v) is 1.68. The maximum Gasteiger partial charge on any atom is 0.258 e. The summed E-state index contributed by atoms with van der Waals surface area (Å²) in [6.07, 6.45) is 0.923. The van der Waals surface area contributed by atoms with E-state index in [2.05, 4.69) is 5.32 Å². The first kappa shape index (κ1) is 15.7. The molecule has 1 amide bonds. The summed E-state index contributed by atoms with van der Waals surface area (Å²) in [5.41, 5.74) is 0. The molecule has 0 fully saturated rings. The molecule has 106 valence electrons. The molecule has 0 aliphatic rings. The Labute approximate surface area is 116 Å². The van der Waals surface area contributed by atoms with Gasteiger partial charge in [0.2, 0.25) is 0 Å². The van der Waals surface area contributed by atoms with E-state index in [1.165, 1.54) is 12.1 Å². The van der Waals surface area contributed by atoms with Crippen LogP contribution in [0.3, 0.4) is 0 Å². The van der Waals surface area contributed by atoms with E-state index in [4.69, 9.17) is 16.3 Å². The second kappa shape index (κ2) is 7.96. The van der Waals surface area contributed by atoms with Gasteiger partial charge in [0.15, 0.2) is 6.61 Å². The van der Waals surface area contributed by atoms with E-state index in [1.54, 1.807) is 0 Å². The van der Waals surface area contributed by atoms with E-state index in [-0.39, 0.29) is 29.8 Å². The van der Waals surface area contributed by atoms with Gasteiger partial charge in [-0.2, -0.15) is 0 Å². The third-order valence-electron chi connectivity index (χ3n) is 2.41. The molecule has 1 atom stereocenters. The average Bonchev–Trinajstić information content (AvgIpc) is 2.35. The highest BCUT2D eigenvalue weighted by Crippen LogP contribution is 2.24. The molecular weight excluding hydrogens is 273 g/mol. The second-order valence-corrected chi connectivity index (χ2v) is 4.52. The molecule has 1 aromatic rings. The van der Waals surface area contributed by atoms with Gasteiger partial charge in [0.1, 0.15) is 11.6 Å². The average molecular weight is 290 g/mol. The highest BCUT2D eigenvalue weighted by Gasteiger charge is 2.08. The second-order valence-electron chi connectivity index (χ2n) is 4.11. The number of halogens is 2. The highest BCUT2D eigenvalue weighted by atomic mass is 35.5. The van der Waals surface area contributed by atoms with Crippen LogP contribution < -0.4 is 10.1 Å². The van der Waals surface area contributed by atoms with Gasteiger partial charge in [-0.25, -0.2) is 4.39 Å². The molecule has 6 heteroatoms. The molecule has 1 rings (SSSR count). The topological polar surface area (TPSA) is 58.6 Å². The van der Waals surface area contributed by atoms with Gasteiger partial charge in [0, 0.05) is 6.54 Å². The van der Waals surface area contributed by atoms with Crippen LogP contribution in [0.5, 0.6) is 5.75 Å². The zero-order chi connectivity index (χ0) is 14.3. The van der Waals surface area contributed by atoms with Crippen LogP contribution in [-0.4, -0.2) is 30.3 Å². The maximum atomic E-state index is 12.8. The Hall–Kier alpha value is -1.33. The number of hydrogen-bond donors (Lipinski definition) is 2. The Bertz CT molecular complexity index is 428. The SMILES string of the molecule is CCCC(O)CNC(=O)COc1ccc(F)cc1Cl. The molecule has 19 heavy (non-hydrogen) atoms. The molecule has 0 saturated carbocycles. The normalized spacial score (nSPS) is 12.0. The number of aliphatic hydroxyl groups is 1. The molecule has 0 bridgehead atoms. The van der Waals surface area contributed by atoms with Gasteiger partial charge in [-0.05, 0) is 24.6 Å². The van der Waals surface area contributed by atoms with Crippen molar-refractivity contribution in [3.63, 3.8) is 0 Å². The molecule has 2 N–H and O–H groups in total. The smallest absolute Gasteiger partial charge is 0.258 e. The Kier molecular flexibility index (Phi) is 6.59. The number of carbonyl (C=O) groups excluding carboxylic acids is 1. The number of ether oxygens (including phenoxy) is 1. The van der Waals surface area contributed by atoms with Crippen molar-refractivity contribution >= 4 is 17.5 Å². The first-order valence-corrected chi connectivity index (χ1v) is 6.43. The molecule has 1 aromatic carbocycles. The number of rotatable bonds is 7. The van der Waals surface area contributed by atoms with Crippen LogP contribution in [0.25, 0.3) is 0 Å². The fraction of sp³-hybridized carbons (Fsp3) is 0.462. The minimum Gasteiger partial charge on any atom is -0.482 e. The predicted octanol–water partition coefficient (Wildman–Crippen LogP) is 2.14.